The van der Waals surface area contributed by atoms with Gasteiger partial charge in [-0.3, -0.25) is 0 Å². The van der Waals surface area contributed by atoms with E-state index in [0.717, 1.165) is 21.8 Å². The summed E-state index contributed by atoms with van der Waals surface area (Å²) in [5, 5.41) is 3.36. The van der Waals surface area contributed by atoms with Crippen molar-refractivity contribution in [3.63, 3.8) is 0 Å². The third kappa shape index (κ3) is 2.52. The first-order chi connectivity index (χ1) is 7.97. The Morgan fingerprint density at radius 1 is 1.24 bits per heavy atom. The molecule has 0 radical (unpaired) electrons. The Morgan fingerprint density at radius 2 is 1.94 bits per heavy atom. The molecule has 0 aliphatic carbocycles. The van der Waals surface area contributed by atoms with Gasteiger partial charge in [0.2, 0.25) is 5.95 Å². The Morgan fingerprint density at radius 3 is 2.47 bits per heavy atom. The summed E-state index contributed by atoms with van der Waals surface area (Å²) in [6.45, 7) is 6.17. The highest BCUT2D eigenvalue weighted by Gasteiger charge is 2.08. The first-order valence-electron chi connectivity index (χ1n) is 5.51. The Balaban J connectivity index is 2.39. The normalized spacial score (nSPS) is 10.6. The van der Waals surface area contributed by atoms with E-state index >= 15 is 0 Å². The smallest absolute Gasteiger partial charge is 0.207 e. The van der Waals surface area contributed by atoms with Crippen molar-refractivity contribution in [2.45, 2.75) is 20.8 Å². The molecule has 2 rings (SSSR count). The first kappa shape index (κ1) is 12.2. The third-order valence-electron chi connectivity index (χ3n) is 2.67. The van der Waals surface area contributed by atoms with E-state index in [1.54, 1.807) is 0 Å². The van der Waals surface area contributed by atoms with Gasteiger partial charge in [0.1, 0.15) is 0 Å². The molecule has 0 saturated carbocycles. The van der Waals surface area contributed by atoms with E-state index in [0.29, 0.717) is 0 Å². The summed E-state index contributed by atoms with van der Waals surface area (Å²) < 4.78 is 3.05. The van der Waals surface area contributed by atoms with Gasteiger partial charge < -0.3 is 9.88 Å². The van der Waals surface area contributed by atoms with Gasteiger partial charge in [-0.25, -0.2) is 4.98 Å². The summed E-state index contributed by atoms with van der Waals surface area (Å²) in [4.78, 5) is 4.44. The maximum atomic E-state index is 4.44. The van der Waals surface area contributed by atoms with Crippen molar-refractivity contribution < 1.29 is 0 Å². The topological polar surface area (TPSA) is 29.9 Å². The number of benzene rings is 1. The zero-order chi connectivity index (χ0) is 12.6. The lowest BCUT2D eigenvalue weighted by atomic mass is 10.1. The molecule has 0 saturated heterocycles. The number of aromatic nitrogens is 2. The van der Waals surface area contributed by atoms with E-state index < -0.39 is 0 Å². The molecule has 0 amide bonds. The largest absolute Gasteiger partial charge is 0.324 e. The van der Waals surface area contributed by atoms with Crippen LogP contribution in [-0.4, -0.2) is 9.55 Å². The Bertz CT molecular complexity index is 535. The van der Waals surface area contributed by atoms with Crippen molar-refractivity contribution in [2.75, 3.05) is 5.32 Å². The second-order valence-electron chi connectivity index (χ2n) is 4.38. The van der Waals surface area contributed by atoms with Gasteiger partial charge in [0.05, 0.1) is 11.4 Å². The first-order valence-corrected chi connectivity index (χ1v) is 6.30. The molecule has 0 unspecified atom stereocenters. The summed E-state index contributed by atoms with van der Waals surface area (Å²) in [6.07, 6.45) is 2.00. The number of imidazole rings is 1. The summed E-state index contributed by atoms with van der Waals surface area (Å²) >= 11 is 3.59. The molecule has 1 N–H and O–H groups in total. The van der Waals surface area contributed by atoms with Crippen LogP contribution in [0.15, 0.2) is 22.8 Å². The third-order valence-corrected chi connectivity index (χ3v) is 3.29. The molecule has 0 fully saturated rings. The molecule has 3 nitrogen and oxygen atoms in total. The average molecular weight is 294 g/mol. The van der Waals surface area contributed by atoms with Crippen LogP contribution in [0.1, 0.15) is 16.8 Å². The summed E-state index contributed by atoms with van der Waals surface area (Å²) in [7, 11) is 1.99. The summed E-state index contributed by atoms with van der Waals surface area (Å²) in [5.41, 5.74) is 4.54. The zero-order valence-electron chi connectivity index (χ0n) is 10.5. The van der Waals surface area contributed by atoms with E-state index in [-0.39, 0.29) is 0 Å². The lowest BCUT2D eigenvalue weighted by Crippen LogP contribution is -2.01. The highest BCUT2D eigenvalue weighted by atomic mass is 79.9. The lowest BCUT2D eigenvalue weighted by Gasteiger charge is -2.12. The van der Waals surface area contributed by atoms with E-state index in [2.05, 4.69) is 52.2 Å². The quantitative estimate of drug-likeness (QED) is 0.911. The Labute approximate surface area is 110 Å². The zero-order valence-corrected chi connectivity index (χ0v) is 12.1. The minimum absolute atomic E-state index is 0.857. The van der Waals surface area contributed by atoms with Crippen LogP contribution in [0.3, 0.4) is 0 Å². The number of halogens is 1. The molecular weight excluding hydrogens is 278 g/mol. The molecule has 1 aromatic carbocycles. The second kappa shape index (κ2) is 4.53. The number of nitrogens with zero attached hydrogens (tertiary/aromatic N) is 2. The monoisotopic (exact) mass is 293 g/mol. The Hall–Kier alpha value is -1.29. The van der Waals surface area contributed by atoms with Crippen molar-refractivity contribution >= 4 is 27.6 Å². The molecule has 4 heteroatoms. The molecule has 1 heterocycles. The fourth-order valence-corrected chi connectivity index (χ4v) is 2.69. The second-order valence-corrected chi connectivity index (χ2v) is 5.23. The maximum Gasteiger partial charge on any atom is 0.207 e. The number of aryl methyl sites for hydroxylation is 4. The predicted molar refractivity (Wildman–Crippen MR) is 74.8 cm³/mol. The van der Waals surface area contributed by atoms with Gasteiger partial charge in [-0.15, -0.1) is 0 Å². The van der Waals surface area contributed by atoms with Crippen LogP contribution in [-0.2, 0) is 7.05 Å². The van der Waals surface area contributed by atoms with Crippen molar-refractivity contribution in [2.24, 2.45) is 7.05 Å². The van der Waals surface area contributed by atoms with Crippen LogP contribution in [0.2, 0.25) is 0 Å². The molecule has 0 atom stereocenters. The molecule has 0 aliphatic rings. The van der Waals surface area contributed by atoms with Gasteiger partial charge in [-0.1, -0.05) is 6.07 Å². The predicted octanol–water partition coefficient (Wildman–Crippen LogP) is 3.85. The van der Waals surface area contributed by atoms with Gasteiger partial charge in [0.25, 0.3) is 0 Å². The minimum atomic E-state index is 0.857. The molecule has 90 valence electrons. The maximum absolute atomic E-state index is 4.44. The summed E-state index contributed by atoms with van der Waals surface area (Å²) in [6, 6.07) is 4.26. The lowest BCUT2D eigenvalue weighted by molar-refractivity contribution is 0.923. The van der Waals surface area contributed by atoms with Crippen molar-refractivity contribution in [3.8, 4) is 0 Å². The van der Waals surface area contributed by atoms with Crippen LogP contribution in [0.25, 0.3) is 0 Å². The number of hydrogen-bond donors (Lipinski definition) is 1. The number of hydrogen-bond acceptors (Lipinski definition) is 2. The van der Waals surface area contributed by atoms with Gasteiger partial charge in [0.15, 0.2) is 0 Å². The molecule has 0 aliphatic heterocycles. The van der Waals surface area contributed by atoms with Crippen molar-refractivity contribution in [1.82, 2.24) is 9.55 Å². The number of rotatable bonds is 2. The van der Waals surface area contributed by atoms with Gasteiger partial charge in [0, 0.05) is 17.7 Å². The van der Waals surface area contributed by atoms with Crippen LogP contribution in [0.5, 0.6) is 0 Å². The van der Waals surface area contributed by atoms with Gasteiger partial charge >= 0.3 is 0 Å². The van der Waals surface area contributed by atoms with E-state index in [1.165, 1.54) is 11.1 Å². The fourth-order valence-electron chi connectivity index (χ4n) is 1.92. The van der Waals surface area contributed by atoms with E-state index in [4.69, 9.17) is 0 Å². The molecule has 2 aromatic rings. The van der Waals surface area contributed by atoms with Crippen LogP contribution < -0.4 is 5.32 Å². The molecule has 0 spiro atoms. The molecule has 0 bridgehead atoms. The minimum Gasteiger partial charge on any atom is -0.324 e. The number of nitrogens with one attached hydrogen (secondary N) is 1. The SMILES string of the molecule is Cc1cc(C)c(Nc2nc(C)cn2C)c(Br)c1. The van der Waals surface area contributed by atoms with Crippen molar-refractivity contribution in [3.05, 3.63) is 39.6 Å². The average Bonchev–Trinajstić information content (AvgIpc) is 2.51. The highest BCUT2D eigenvalue weighted by Crippen LogP contribution is 2.30. The molecule has 1 aromatic heterocycles. The fraction of sp³-hybridized carbons (Fsp3) is 0.308. The van der Waals surface area contributed by atoms with Gasteiger partial charge in [-0.2, -0.15) is 0 Å². The Kier molecular flexibility index (Phi) is 3.24. The molecular formula is C13H16BrN3. The molecule has 17 heavy (non-hydrogen) atoms. The summed E-state index contributed by atoms with van der Waals surface area (Å²) in [5.74, 6) is 0.857. The van der Waals surface area contributed by atoms with Crippen LogP contribution >= 0.6 is 15.9 Å². The van der Waals surface area contributed by atoms with E-state index in [9.17, 15) is 0 Å². The van der Waals surface area contributed by atoms with Crippen molar-refractivity contribution in [1.29, 1.82) is 0 Å². The van der Waals surface area contributed by atoms with Crippen LogP contribution in [0.4, 0.5) is 11.6 Å². The highest BCUT2D eigenvalue weighted by molar-refractivity contribution is 9.10. The standard InChI is InChI=1S/C13H16BrN3/c1-8-5-9(2)12(11(14)6-8)16-13-15-10(3)7-17(13)4/h5-7H,1-4H3,(H,15,16). The van der Waals surface area contributed by atoms with Gasteiger partial charge in [-0.05, 0) is 53.9 Å². The number of anilines is 2. The van der Waals surface area contributed by atoms with Crippen LogP contribution in [0, 0.1) is 20.8 Å². The van der Waals surface area contributed by atoms with E-state index in [1.807, 2.05) is 24.7 Å².